The van der Waals surface area contributed by atoms with Gasteiger partial charge in [-0.1, -0.05) is 30.3 Å². The van der Waals surface area contributed by atoms with E-state index in [0.29, 0.717) is 36.3 Å². The van der Waals surface area contributed by atoms with E-state index in [1.165, 1.54) is 0 Å². The van der Waals surface area contributed by atoms with E-state index >= 15 is 0 Å². The number of benzene rings is 2. The van der Waals surface area contributed by atoms with Crippen LogP contribution in [0.3, 0.4) is 0 Å². The molecule has 1 aliphatic carbocycles. The van der Waals surface area contributed by atoms with Crippen molar-refractivity contribution in [1.29, 1.82) is 0 Å². The average Bonchev–Trinajstić information content (AvgIpc) is 3.04. The average molecular weight is 435 g/mol. The third kappa shape index (κ3) is 4.40. The molecule has 0 N–H and O–H groups in total. The van der Waals surface area contributed by atoms with Crippen LogP contribution < -0.4 is 0 Å². The summed E-state index contributed by atoms with van der Waals surface area (Å²) in [5, 5.41) is 0. The van der Waals surface area contributed by atoms with Gasteiger partial charge in [-0.15, -0.1) is 0 Å². The Balaban J connectivity index is 1.44. The maximum atomic E-state index is 13.2. The van der Waals surface area contributed by atoms with E-state index in [1.807, 2.05) is 62.1 Å². The van der Waals surface area contributed by atoms with Gasteiger partial charge in [0.05, 0.1) is 0 Å². The number of carbonyl (C=O) groups is 3. The van der Waals surface area contributed by atoms with E-state index in [0.717, 1.165) is 24.0 Å². The van der Waals surface area contributed by atoms with Gasteiger partial charge in [0.2, 0.25) is 0 Å². The molecule has 0 aromatic heterocycles. The van der Waals surface area contributed by atoms with Gasteiger partial charge in [-0.2, -0.15) is 0 Å². The SMILES string of the molecule is CN(CC1CCCN(C(=O)c2ccc3c(c2)C(=O)c2ccccc2-3)C1)C(=O)OC(C)(C)C. The fraction of sp³-hybridized carbons (Fsp3) is 0.423. The summed E-state index contributed by atoms with van der Waals surface area (Å²) in [6.45, 7) is 7.34. The van der Waals surface area contributed by atoms with E-state index in [-0.39, 0.29) is 23.7 Å². The molecule has 4 rings (SSSR count). The van der Waals surface area contributed by atoms with Crippen LogP contribution in [0.5, 0.6) is 0 Å². The first kappa shape index (κ1) is 22.1. The van der Waals surface area contributed by atoms with Crippen molar-refractivity contribution in [3.05, 3.63) is 59.2 Å². The Kier molecular flexibility index (Phi) is 5.80. The number of hydrogen-bond acceptors (Lipinski definition) is 4. The number of hydrogen-bond donors (Lipinski definition) is 0. The third-order valence-corrected chi connectivity index (χ3v) is 6.02. The molecule has 2 aromatic carbocycles. The number of amides is 2. The summed E-state index contributed by atoms with van der Waals surface area (Å²) in [6.07, 6.45) is 1.49. The smallest absolute Gasteiger partial charge is 0.410 e. The Morgan fingerprint density at radius 1 is 1.06 bits per heavy atom. The normalized spacial score (nSPS) is 17.6. The van der Waals surface area contributed by atoms with Crippen LogP contribution in [0.4, 0.5) is 4.79 Å². The Bertz CT molecular complexity index is 1070. The van der Waals surface area contributed by atoms with Gasteiger partial charge in [-0.25, -0.2) is 4.79 Å². The molecule has 1 heterocycles. The molecule has 1 atom stereocenters. The lowest BCUT2D eigenvalue weighted by molar-refractivity contribution is 0.0244. The number of likely N-dealkylation sites (tertiary alicyclic amines) is 1. The van der Waals surface area contributed by atoms with E-state index in [4.69, 9.17) is 4.74 Å². The lowest BCUT2D eigenvalue weighted by Gasteiger charge is -2.35. The van der Waals surface area contributed by atoms with Crippen LogP contribution in [0.1, 0.15) is 59.9 Å². The maximum absolute atomic E-state index is 13.2. The molecule has 0 spiro atoms. The Hall–Kier alpha value is -3.15. The zero-order chi connectivity index (χ0) is 23.0. The number of ether oxygens (including phenoxy) is 1. The summed E-state index contributed by atoms with van der Waals surface area (Å²) in [4.78, 5) is 41.8. The number of fused-ring (bicyclic) bond motifs is 3. The molecule has 6 heteroatoms. The van der Waals surface area contributed by atoms with Gasteiger partial charge in [0.15, 0.2) is 5.78 Å². The minimum atomic E-state index is -0.537. The Morgan fingerprint density at radius 3 is 2.47 bits per heavy atom. The van der Waals surface area contributed by atoms with Crippen LogP contribution >= 0.6 is 0 Å². The number of rotatable bonds is 3. The van der Waals surface area contributed by atoms with E-state index in [2.05, 4.69) is 0 Å². The van der Waals surface area contributed by atoms with Gasteiger partial charge >= 0.3 is 6.09 Å². The van der Waals surface area contributed by atoms with Crippen LogP contribution in [0.25, 0.3) is 11.1 Å². The monoisotopic (exact) mass is 434 g/mol. The molecule has 1 unspecified atom stereocenters. The van der Waals surface area contributed by atoms with Gasteiger partial charge in [-0.3, -0.25) is 9.59 Å². The van der Waals surface area contributed by atoms with Crippen molar-refractivity contribution >= 4 is 17.8 Å². The molecule has 2 aliphatic rings. The van der Waals surface area contributed by atoms with Crippen LogP contribution in [0, 0.1) is 5.92 Å². The first-order valence-electron chi connectivity index (χ1n) is 11.2. The van der Waals surface area contributed by atoms with Crippen molar-refractivity contribution in [2.24, 2.45) is 5.92 Å². The highest BCUT2D eigenvalue weighted by Crippen LogP contribution is 2.37. The van der Waals surface area contributed by atoms with E-state index < -0.39 is 5.60 Å². The molecule has 168 valence electrons. The quantitative estimate of drug-likeness (QED) is 0.603. The summed E-state index contributed by atoms with van der Waals surface area (Å²) in [7, 11) is 1.73. The van der Waals surface area contributed by atoms with Gasteiger partial charge in [0.25, 0.3) is 5.91 Å². The fourth-order valence-corrected chi connectivity index (χ4v) is 4.54. The largest absolute Gasteiger partial charge is 0.444 e. The minimum Gasteiger partial charge on any atom is -0.444 e. The number of nitrogens with zero attached hydrogens (tertiary/aromatic N) is 2. The number of ketones is 1. The Labute approximate surface area is 189 Å². The second kappa shape index (κ2) is 8.41. The number of carbonyl (C=O) groups excluding carboxylic acids is 3. The predicted molar refractivity (Wildman–Crippen MR) is 123 cm³/mol. The molecule has 6 nitrogen and oxygen atoms in total. The fourth-order valence-electron chi connectivity index (χ4n) is 4.54. The van der Waals surface area contributed by atoms with E-state index in [1.54, 1.807) is 18.0 Å². The van der Waals surface area contributed by atoms with Crippen LogP contribution in [-0.4, -0.2) is 59.9 Å². The molecule has 0 saturated carbocycles. The van der Waals surface area contributed by atoms with Crippen molar-refractivity contribution in [2.45, 2.75) is 39.2 Å². The van der Waals surface area contributed by atoms with Crippen molar-refractivity contribution in [2.75, 3.05) is 26.7 Å². The highest BCUT2D eigenvalue weighted by Gasteiger charge is 2.30. The molecule has 2 aromatic rings. The Morgan fingerprint density at radius 2 is 1.75 bits per heavy atom. The van der Waals surface area contributed by atoms with Gasteiger partial charge in [0.1, 0.15) is 5.60 Å². The van der Waals surface area contributed by atoms with E-state index in [9.17, 15) is 14.4 Å². The third-order valence-electron chi connectivity index (χ3n) is 6.02. The second-order valence-corrected chi connectivity index (χ2v) is 9.76. The molecule has 1 fully saturated rings. The summed E-state index contributed by atoms with van der Waals surface area (Å²) in [5.41, 5.74) is 3.09. The second-order valence-electron chi connectivity index (χ2n) is 9.76. The first-order valence-corrected chi connectivity index (χ1v) is 11.2. The van der Waals surface area contributed by atoms with Crippen molar-refractivity contribution in [1.82, 2.24) is 9.80 Å². The predicted octanol–water partition coefficient (Wildman–Crippen LogP) is 4.62. The van der Waals surface area contributed by atoms with Crippen molar-refractivity contribution in [3.8, 4) is 11.1 Å². The topological polar surface area (TPSA) is 66.9 Å². The van der Waals surface area contributed by atoms with Gasteiger partial charge < -0.3 is 14.5 Å². The van der Waals surface area contributed by atoms with Gasteiger partial charge in [-0.05, 0) is 62.8 Å². The summed E-state index contributed by atoms with van der Waals surface area (Å²) < 4.78 is 5.44. The summed E-state index contributed by atoms with van der Waals surface area (Å²) in [6, 6.07) is 13.0. The summed E-state index contributed by atoms with van der Waals surface area (Å²) >= 11 is 0. The maximum Gasteiger partial charge on any atom is 0.410 e. The molecule has 0 radical (unpaired) electrons. The molecule has 32 heavy (non-hydrogen) atoms. The minimum absolute atomic E-state index is 0.0271. The first-order chi connectivity index (χ1) is 15.1. The molecular weight excluding hydrogens is 404 g/mol. The molecule has 1 saturated heterocycles. The van der Waals surface area contributed by atoms with Crippen molar-refractivity contribution < 1.29 is 19.1 Å². The highest BCUT2D eigenvalue weighted by molar-refractivity contribution is 6.22. The zero-order valence-electron chi connectivity index (χ0n) is 19.2. The van der Waals surface area contributed by atoms with Crippen LogP contribution in [0.2, 0.25) is 0 Å². The van der Waals surface area contributed by atoms with Crippen LogP contribution in [-0.2, 0) is 4.74 Å². The van der Waals surface area contributed by atoms with Crippen molar-refractivity contribution in [3.63, 3.8) is 0 Å². The lowest BCUT2D eigenvalue weighted by Crippen LogP contribution is -2.45. The molecule has 2 amide bonds. The molecular formula is C26H30N2O4. The zero-order valence-corrected chi connectivity index (χ0v) is 19.2. The molecule has 0 bridgehead atoms. The highest BCUT2D eigenvalue weighted by atomic mass is 16.6. The number of piperidine rings is 1. The summed E-state index contributed by atoms with van der Waals surface area (Å²) in [5.74, 6) is 0.0902. The lowest BCUT2D eigenvalue weighted by atomic mass is 9.96. The van der Waals surface area contributed by atoms with Gasteiger partial charge in [0, 0.05) is 43.4 Å². The van der Waals surface area contributed by atoms with Crippen LogP contribution in [0.15, 0.2) is 42.5 Å². The standard InChI is InChI=1S/C26H30N2O4/c1-26(2,3)32-25(31)27(4)15-17-8-7-13-28(16-17)24(30)18-11-12-20-19-9-5-6-10-21(19)23(29)22(20)14-18/h5-6,9-12,14,17H,7-8,13,15-16H2,1-4H3. The molecule has 1 aliphatic heterocycles.